The van der Waals surface area contributed by atoms with E-state index in [1.165, 1.54) is 0 Å². The Morgan fingerprint density at radius 1 is 1.25 bits per heavy atom. The number of rotatable bonds is 3. The van der Waals surface area contributed by atoms with E-state index in [1.54, 1.807) is 23.1 Å². The van der Waals surface area contributed by atoms with Gasteiger partial charge in [0, 0.05) is 18.8 Å². The number of hydrogen-bond donors (Lipinski definition) is 1. The highest BCUT2D eigenvalue weighted by atomic mass is 35.5. The number of benzene rings is 1. The van der Waals surface area contributed by atoms with Crippen LogP contribution in [0.25, 0.3) is 0 Å². The van der Waals surface area contributed by atoms with E-state index in [-0.39, 0.29) is 6.03 Å². The fourth-order valence-corrected chi connectivity index (χ4v) is 1.59. The Hall–Kier alpha value is -0.930. The van der Waals surface area contributed by atoms with E-state index in [4.69, 9.17) is 23.2 Å². The Morgan fingerprint density at radius 2 is 1.88 bits per heavy atom. The van der Waals surface area contributed by atoms with Crippen molar-refractivity contribution in [1.82, 2.24) is 4.90 Å². The molecule has 0 aliphatic carbocycles. The molecule has 0 aliphatic heterocycles. The van der Waals surface area contributed by atoms with Crippen molar-refractivity contribution in [2.45, 2.75) is 13.8 Å². The minimum atomic E-state index is -0.136. The summed E-state index contributed by atoms with van der Waals surface area (Å²) < 4.78 is 0. The molecule has 16 heavy (non-hydrogen) atoms. The summed E-state index contributed by atoms with van der Waals surface area (Å²) >= 11 is 11.6. The Balaban J connectivity index is 2.73. The lowest BCUT2D eigenvalue weighted by atomic mass is 10.3. The molecule has 0 spiro atoms. The Labute approximate surface area is 105 Å². The standard InChI is InChI=1S/C11H14Cl2N2O/c1-3-15(4-2)11(16)14-8-5-6-9(12)10(13)7-8/h5-7H,3-4H2,1-2H3,(H,14,16). The quantitative estimate of drug-likeness (QED) is 0.880. The minimum absolute atomic E-state index is 0.136. The normalized spacial score (nSPS) is 10.0. The molecular weight excluding hydrogens is 247 g/mol. The van der Waals surface area contributed by atoms with Gasteiger partial charge in [0.15, 0.2) is 0 Å². The molecule has 1 aromatic carbocycles. The summed E-state index contributed by atoms with van der Waals surface area (Å²) in [5.74, 6) is 0. The first-order chi connectivity index (χ1) is 7.58. The highest BCUT2D eigenvalue weighted by Gasteiger charge is 2.09. The third kappa shape index (κ3) is 3.29. The number of nitrogens with zero attached hydrogens (tertiary/aromatic N) is 1. The van der Waals surface area contributed by atoms with Gasteiger partial charge in [0.2, 0.25) is 0 Å². The van der Waals surface area contributed by atoms with Crippen LogP contribution in [0.3, 0.4) is 0 Å². The van der Waals surface area contributed by atoms with E-state index in [0.29, 0.717) is 28.8 Å². The second kappa shape index (κ2) is 5.97. The first-order valence-electron chi connectivity index (χ1n) is 5.09. The van der Waals surface area contributed by atoms with E-state index in [2.05, 4.69) is 5.32 Å². The van der Waals surface area contributed by atoms with E-state index in [0.717, 1.165) is 0 Å². The predicted molar refractivity (Wildman–Crippen MR) is 68.4 cm³/mol. The van der Waals surface area contributed by atoms with Gasteiger partial charge >= 0.3 is 6.03 Å². The molecule has 0 fully saturated rings. The van der Waals surface area contributed by atoms with Crippen LogP contribution < -0.4 is 5.32 Å². The van der Waals surface area contributed by atoms with Gasteiger partial charge in [0.1, 0.15) is 0 Å². The molecule has 88 valence electrons. The van der Waals surface area contributed by atoms with Crippen molar-refractivity contribution in [3.05, 3.63) is 28.2 Å². The first kappa shape index (κ1) is 13.1. The summed E-state index contributed by atoms with van der Waals surface area (Å²) in [7, 11) is 0. The van der Waals surface area contributed by atoms with Crippen LogP contribution in [0, 0.1) is 0 Å². The summed E-state index contributed by atoms with van der Waals surface area (Å²) in [4.78, 5) is 13.4. The fraction of sp³-hybridized carbons (Fsp3) is 0.364. The average Bonchev–Trinajstić information content (AvgIpc) is 2.25. The van der Waals surface area contributed by atoms with Crippen LogP contribution in [0.15, 0.2) is 18.2 Å². The lowest BCUT2D eigenvalue weighted by Crippen LogP contribution is -2.34. The second-order valence-electron chi connectivity index (χ2n) is 3.23. The lowest BCUT2D eigenvalue weighted by Gasteiger charge is -2.19. The van der Waals surface area contributed by atoms with Crippen LogP contribution in [0.1, 0.15) is 13.8 Å². The van der Waals surface area contributed by atoms with Crippen molar-refractivity contribution < 1.29 is 4.79 Å². The topological polar surface area (TPSA) is 32.3 Å². The third-order valence-electron chi connectivity index (χ3n) is 2.22. The zero-order chi connectivity index (χ0) is 12.1. The van der Waals surface area contributed by atoms with Crippen molar-refractivity contribution in [1.29, 1.82) is 0 Å². The molecule has 3 nitrogen and oxygen atoms in total. The van der Waals surface area contributed by atoms with Gasteiger partial charge in [-0.25, -0.2) is 4.79 Å². The molecule has 5 heteroatoms. The maximum Gasteiger partial charge on any atom is 0.321 e. The van der Waals surface area contributed by atoms with E-state index >= 15 is 0 Å². The smallest absolute Gasteiger partial charge is 0.321 e. The highest BCUT2D eigenvalue weighted by molar-refractivity contribution is 6.42. The average molecular weight is 261 g/mol. The second-order valence-corrected chi connectivity index (χ2v) is 4.05. The largest absolute Gasteiger partial charge is 0.325 e. The summed E-state index contributed by atoms with van der Waals surface area (Å²) in [5.41, 5.74) is 0.645. The van der Waals surface area contributed by atoms with Gasteiger partial charge in [-0.2, -0.15) is 0 Å². The molecule has 1 rings (SSSR count). The molecule has 0 saturated carbocycles. The van der Waals surface area contributed by atoms with Crippen molar-refractivity contribution in [2.75, 3.05) is 18.4 Å². The van der Waals surface area contributed by atoms with E-state index in [9.17, 15) is 4.79 Å². The zero-order valence-electron chi connectivity index (χ0n) is 9.26. The lowest BCUT2D eigenvalue weighted by molar-refractivity contribution is 0.217. The van der Waals surface area contributed by atoms with Gasteiger partial charge in [0.05, 0.1) is 10.0 Å². The number of hydrogen-bond acceptors (Lipinski definition) is 1. The van der Waals surface area contributed by atoms with Gasteiger partial charge in [-0.15, -0.1) is 0 Å². The highest BCUT2D eigenvalue weighted by Crippen LogP contribution is 2.25. The van der Waals surface area contributed by atoms with Crippen molar-refractivity contribution >= 4 is 34.9 Å². The maximum absolute atomic E-state index is 11.7. The molecule has 0 aliphatic rings. The number of halogens is 2. The zero-order valence-corrected chi connectivity index (χ0v) is 10.8. The Morgan fingerprint density at radius 3 is 2.38 bits per heavy atom. The van der Waals surface area contributed by atoms with Crippen LogP contribution in [0.4, 0.5) is 10.5 Å². The van der Waals surface area contributed by atoms with Gasteiger partial charge in [0.25, 0.3) is 0 Å². The third-order valence-corrected chi connectivity index (χ3v) is 2.96. The summed E-state index contributed by atoms with van der Waals surface area (Å²) in [5, 5.41) is 3.66. The van der Waals surface area contributed by atoms with Crippen LogP contribution in [-0.4, -0.2) is 24.0 Å². The molecule has 2 amide bonds. The molecule has 0 radical (unpaired) electrons. The Bertz CT molecular complexity index is 378. The molecule has 1 N–H and O–H groups in total. The molecule has 0 aromatic heterocycles. The van der Waals surface area contributed by atoms with Gasteiger partial charge in [-0.3, -0.25) is 0 Å². The SMILES string of the molecule is CCN(CC)C(=O)Nc1ccc(Cl)c(Cl)c1. The predicted octanol–water partition coefficient (Wildman–Crippen LogP) is 3.87. The van der Waals surface area contributed by atoms with Crippen molar-refractivity contribution in [3.8, 4) is 0 Å². The van der Waals surface area contributed by atoms with Gasteiger partial charge in [-0.05, 0) is 32.0 Å². The molecule has 0 unspecified atom stereocenters. The molecule has 1 aromatic rings. The summed E-state index contributed by atoms with van der Waals surface area (Å²) in [6.07, 6.45) is 0. The molecule has 0 bridgehead atoms. The van der Waals surface area contributed by atoms with Gasteiger partial charge < -0.3 is 10.2 Å². The number of anilines is 1. The molecule has 0 heterocycles. The van der Waals surface area contributed by atoms with Crippen LogP contribution in [0.5, 0.6) is 0 Å². The number of carbonyl (C=O) groups is 1. The number of carbonyl (C=O) groups excluding carboxylic acids is 1. The summed E-state index contributed by atoms with van der Waals surface area (Å²) in [6.45, 7) is 5.20. The van der Waals surface area contributed by atoms with Gasteiger partial charge in [-0.1, -0.05) is 23.2 Å². The van der Waals surface area contributed by atoms with Crippen LogP contribution in [0.2, 0.25) is 10.0 Å². The molecular formula is C11H14Cl2N2O. The maximum atomic E-state index is 11.7. The minimum Gasteiger partial charge on any atom is -0.325 e. The van der Waals surface area contributed by atoms with Crippen LogP contribution in [-0.2, 0) is 0 Å². The summed E-state index contributed by atoms with van der Waals surface area (Å²) in [6, 6.07) is 4.87. The number of amides is 2. The van der Waals surface area contributed by atoms with Crippen molar-refractivity contribution in [3.63, 3.8) is 0 Å². The van der Waals surface area contributed by atoms with E-state index < -0.39 is 0 Å². The molecule has 0 saturated heterocycles. The fourth-order valence-electron chi connectivity index (χ4n) is 1.29. The Kier molecular flexibility index (Phi) is 4.90. The van der Waals surface area contributed by atoms with Crippen LogP contribution >= 0.6 is 23.2 Å². The monoisotopic (exact) mass is 260 g/mol. The number of nitrogens with one attached hydrogen (secondary N) is 1. The van der Waals surface area contributed by atoms with E-state index in [1.807, 2.05) is 13.8 Å². The molecule has 0 atom stereocenters. The number of urea groups is 1. The van der Waals surface area contributed by atoms with Crippen molar-refractivity contribution in [2.24, 2.45) is 0 Å². The first-order valence-corrected chi connectivity index (χ1v) is 5.85.